The van der Waals surface area contributed by atoms with Gasteiger partial charge in [0.05, 0.1) is 0 Å². The van der Waals surface area contributed by atoms with E-state index in [4.69, 9.17) is 5.73 Å². The van der Waals surface area contributed by atoms with Crippen LogP contribution in [-0.2, 0) is 9.59 Å². The Morgan fingerprint density at radius 3 is 2.15 bits per heavy atom. The number of piperidine rings is 1. The molecule has 0 spiro atoms. The van der Waals surface area contributed by atoms with Gasteiger partial charge < -0.3 is 5.73 Å². The average molecular weight is 184 g/mol. The lowest BCUT2D eigenvalue weighted by atomic mass is 10.0. The molecule has 0 saturated carbocycles. The van der Waals surface area contributed by atoms with Crippen molar-refractivity contribution in [1.82, 2.24) is 4.90 Å². The summed E-state index contributed by atoms with van der Waals surface area (Å²) in [5.41, 5.74) is 5.25. The lowest BCUT2D eigenvalue weighted by Crippen LogP contribution is -2.51. The lowest BCUT2D eigenvalue weighted by Gasteiger charge is -2.30. The third-order valence-electron chi connectivity index (χ3n) is 1.95. The van der Waals surface area contributed by atoms with E-state index in [1.807, 2.05) is 13.8 Å². The highest BCUT2D eigenvalue weighted by Crippen LogP contribution is 2.14. The van der Waals surface area contributed by atoms with Crippen molar-refractivity contribution in [2.24, 2.45) is 5.73 Å². The summed E-state index contributed by atoms with van der Waals surface area (Å²) in [6.45, 7) is 3.94. The van der Waals surface area contributed by atoms with E-state index in [1.165, 1.54) is 4.90 Å². The average Bonchev–Trinajstić information content (AvgIpc) is 1.95. The maximum Gasteiger partial charge on any atom is 0.229 e. The van der Waals surface area contributed by atoms with Gasteiger partial charge in [-0.3, -0.25) is 14.5 Å². The molecule has 1 rings (SSSR count). The van der Waals surface area contributed by atoms with Crippen molar-refractivity contribution in [3.8, 4) is 0 Å². The Morgan fingerprint density at radius 2 is 1.77 bits per heavy atom. The van der Waals surface area contributed by atoms with Crippen LogP contribution in [0.15, 0.2) is 0 Å². The molecule has 4 nitrogen and oxygen atoms in total. The number of hydrogen-bond acceptors (Lipinski definition) is 3. The van der Waals surface area contributed by atoms with E-state index < -0.39 is 5.54 Å². The van der Waals surface area contributed by atoms with Crippen molar-refractivity contribution in [1.29, 1.82) is 0 Å². The van der Waals surface area contributed by atoms with Crippen LogP contribution in [0.25, 0.3) is 0 Å². The van der Waals surface area contributed by atoms with Crippen molar-refractivity contribution in [2.45, 2.75) is 38.6 Å². The standard InChI is InChI=1S/C9H16N2O2/c1-9(2,10)6-11-7(12)4-3-5-8(11)13/h3-6,10H2,1-2H3. The van der Waals surface area contributed by atoms with Crippen molar-refractivity contribution in [2.75, 3.05) is 6.54 Å². The number of carbonyl (C=O) groups is 2. The molecule has 1 aliphatic rings. The third kappa shape index (κ3) is 2.81. The van der Waals surface area contributed by atoms with Gasteiger partial charge in [-0.25, -0.2) is 0 Å². The smallest absolute Gasteiger partial charge is 0.229 e. The summed E-state index contributed by atoms with van der Waals surface area (Å²) in [5.74, 6) is -0.176. The molecule has 0 unspecified atom stereocenters. The molecule has 0 aromatic heterocycles. The molecule has 2 amide bonds. The number of hydrogen-bond donors (Lipinski definition) is 1. The molecule has 1 saturated heterocycles. The lowest BCUT2D eigenvalue weighted by molar-refractivity contribution is -0.148. The Labute approximate surface area is 78.1 Å². The van der Waals surface area contributed by atoms with Gasteiger partial charge in [-0.1, -0.05) is 0 Å². The first-order valence-corrected chi connectivity index (χ1v) is 4.52. The van der Waals surface area contributed by atoms with Gasteiger partial charge in [-0.05, 0) is 20.3 Å². The summed E-state index contributed by atoms with van der Waals surface area (Å²) >= 11 is 0. The number of imide groups is 1. The topological polar surface area (TPSA) is 63.4 Å². The van der Waals surface area contributed by atoms with Gasteiger partial charge in [0.1, 0.15) is 0 Å². The Morgan fingerprint density at radius 1 is 1.31 bits per heavy atom. The predicted molar refractivity (Wildman–Crippen MR) is 48.8 cm³/mol. The number of amides is 2. The molecule has 1 fully saturated rings. The van der Waals surface area contributed by atoms with E-state index in [0.717, 1.165) is 0 Å². The zero-order valence-corrected chi connectivity index (χ0v) is 8.17. The maximum absolute atomic E-state index is 11.3. The second-order valence-corrected chi connectivity index (χ2v) is 4.22. The minimum absolute atomic E-state index is 0.0882. The van der Waals surface area contributed by atoms with E-state index in [9.17, 15) is 9.59 Å². The second-order valence-electron chi connectivity index (χ2n) is 4.22. The molecule has 1 heterocycles. The van der Waals surface area contributed by atoms with E-state index in [2.05, 4.69) is 0 Å². The quantitative estimate of drug-likeness (QED) is 0.626. The van der Waals surface area contributed by atoms with Crippen LogP contribution in [0.1, 0.15) is 33.1 Å². The molecule has 4 heteroatoms. The van der Waals surface area contributed by atoms with Crippen LogP contribution in [0, 0.1) is 0 Å². The third-order valence-corrected chi connectivity index (χ3v) is 1.95. The van der Waals surface area contributed by atoms with Gasteiger partial charge in [0, 0.05) is 24.9 Å². The minimum atomic E-state index is -0.497. The minimum Gasteiger partial charge on any atom is -0.324 e. The van der Waals surface area contributed by atoms with Crippen LogP contribution in [-0.4, -0.2) is 28.8 Å². The summed E-state index contributed by atoms with van der Waals surface area (Å²) < 4.78 is 0. The van der Waals surface area contributed by atoms with Gasteiger partial charge in [0.2, 0.25) is 11.8 Å². The van der Waals surface area contributed by atoms with Gasteiger partial charge in [-0.2, -0.15) is 0 Å². The monoisotopic (exact) mass is 184 g/mol. The molecular formula is C9H16N2O2. The molecule has 0 bridgehead atoms. The molecule has 0 radical (unpaired) electrons. The number of nitrogens with two attached hydrogens (primary N) is 1. The van der Waals surface area contributed by atoms with Crippen molar-refractivity contribution < 1.29 is 9.59 Å². The van der Waals surface area contributed by atoms with Crippen molar-refractivity contribution in [3.05, 3.63) is 0 Å². The van der Waals surface area contributed by atoms with Crippen molar-refractivity contribution in [3.63, 3.8) is 0 Å². The predicted octanol–water partition coefficient (Wildman–Crippen LogP) is 0.263. The second kappa shape index (κ2) is 3.46. The fourth-order valence-corrected chi connectivity index (χ4v) is 1.38. The molecular weight excluding hydrogens is 168 g/mol. The summed E-state index contributed by atoms with van der Waals surface area (Å²) in [6, 6.07) is 0. The Kier molecular flexibility index (Phi) is 2.71. The number of nitrogens with zero attached hydrogens (tertiary/aromatic N) is 1. The van der Waals surface area contributed by atoms with Crippen LogP contribution in [0.3, 0.4) is 0 Å². The zero-order valence-electron chi connectivity index (χ0n) is 8.17. The molecule has 1 aliphatic heterocycles. The summed E-state index contributed by atoms with van der Waals surface area (Å²) in [4.78, 5) is 23.9. The number of rotatable bonds is 2. The Balaban J connectivity index is 2.65. The first-order valence-electron chi connectivity index (χ1n) is 4.52. The Bertz CT molecular complexity index is 214. The van der Waals surface area contributed by atoms with E-state index in [1.54, 1.807) is 0 Å². The molecule has 0 aromatic carbocycles. The molecule has 74 valence electrons. The molecule has 0 atom stereocenters. The fraction of sp³-hybridized carbons (Fsp3) is 0.778. The summed E-state index contributed by atoms with van der Waals surface area (Å²) in [5, 5.41) is 0. The fourth-order valence-electron chi connectivity index (χ4n) is 1.38. The SMILES string of the molecule is CC(C)(N)CN1C(=O)CCCC1=O. The van der Waals surface area contributed by atoms with Crippen LogP contribution in [0.5, 0.6) is 0 Å². The van der Waals surface area contributed by atoms with E-state index in [0.29, 0.717) is 25.8 Å². The normalized spacial score (nSPS) is 19.5. The first-order chi connectivity index (χ1) is 5.90. The highest BCUT2D eigenvalue weighted by Gasteiger charge is 2.29. The molecule has 13 heavy (non-hydrogen) atoms. The van der Waals surface area contributed by atoms with E-state index >= 15 is 0 Å². The highest BCUT2D eigenvalue weighted by molar-refractivity contribution is 5.97. The number of likely N-dealkylation sites (tertiary alicyclic amines) is 1. The van der Waals surface area contributed by atoms with Gasteiger partial charge in [0.15, 0.2) is 0 Å². The van der Waals surface area contributed by atoms with Gasteiger partial charge in [0.25, 0.3) is 0 Å². The molecule has 0 aliphatic carbocycles. The van der Waals surface area contributed by atoms with Crippen LogP contribution in [0.2, 0.25) is 0 Å². The van der Waals surface area contributed by atoms with Crippen LogP contribution < -0.4 is 5.73 Å². The summed E-state index contributed by atoms with van der Waals surface area (Å²) in [6.07, 6.45) is 1.63. The largest absolute Gasteiger partial charge is 0.324 e. The summed E-state index contributed by atoms with van der Waals surface area (Å²) in [7, 11) is 0. The molecule has 2 N–H and O–H groups in total. The van der Waals surface area contributed by atoms with Crippen LogP contribution >= 0.6 is 0 Å². The van der Waals surface area contributed by atoms with Gasteiger partial charge >= 0.3 is 0 Å². The Hall–Kier alpha value is -0.900. The first kappa shape index (κ1) is 10.2. The van der Waals surface area contributed by atoms with Crippen molar-refractivity contribution >= 4 is 11.8 Å². The zero-order chi connectivity index (χ0) is 10.1. The van der Waals surface area contributed by atoms with Crippen LogP contribution in [0.4, 0.5) is 0 Å². The van der Waals surface area contributed by atoms with Gasteiger partial charge in [-0.15, -0.1) is 0 Å². The number of carbonyl (C=O) groups excluding carboxylic acids is 2. The highest BCUT2D eigenvalue weighted by atomic mass is 16.2. The maximum atomic E-state index is 11.3. The van der Waals surface area contributed by atoms with E-state index in [-0.39, 0.29) is 11.8 Å². The molecule has 0 aromatic rings.